The molecule has 0 amide bonds. The van der Waals surface area contributed by atoms with Crippen LogP contribution in [0.25, 0.3) is 0 Å². The number of likely N-dealkylation sites (tertiary alicyclic amines) is 1. The molecule has 1 aliphatic heterocycles. The van der Waals surface area contributed by atoms with Crippen molar-refractivity contribution in [1.82, 2.24) is 4.90 Å². The number of aliphatic carboxylic acids is 1. The molecule has 1 heterocycles. The summed E-state index contributed by atoms with van der Waals surface area (Å²) in [5.74, 6) is 0.0302. The monoisotopic (exact) mass is 247 g/mol. The molecule has 1 aromatic rings. The van der Waals surface area contributed by atoms with Crippen LogP contribution in [0.3, 0.4) is 0 Å². The molecule has 1 aromatic carbocycles. The second kappa shape index (κ2) is 6.01. The van der Waals surface area contributed by atoms with E-state index in [1.165, 1.54) is 6.42 Å². The number of carbonyl (C=O) groups is 1. The van der Waals surface area contributed by atoms with Crippen LogP contribution in [0, 0.1) is 5.92 Å². The first-order valence-corrected chi connectivity index (χ1v) is 6.74. The van der Waals surface area contributed by atoms with Crippen LogP contribution in [0.15, 0.2) is 30.3 Å². The number of nitrogens with zero attached hydrogens (tertiary/aromatic N) is 1. The maximum Gasteiger partial charge on any atom is 0.325 e. The Kier molecular flexibility index (Phi) is 4.37. The number of carboxylic acids is 1. The van der Waals surface area contributed by atoms with Crippen molar-refractivity contribution in [2.75, 3.05) is 13.1 Å². The zero-order valence-electron chi connectivity index (χ0n) is 10.9. The SMILES string of the molecule is CCC1CCN(C(C(=O)O)c2ccccc2)CC1. The molecule has 3 nitrogen and oxygen atoms in total. The minimum atomic E-state index is -0.740. The number of hydrogen-bond donors (Lipinski definition) is 1. The Morgan fingerprint density at radius 3 is 2.44 bits per heavy atom. The van der Waals surface area contributed by atoms with Crippen molar-refractivity contribution in [2.24, 2.45) is 5.92 Å². The lowest BCUT2D eigenvalue weighted by Crippen LogP contribution is -2.40. The van der Waals surface area contributed by atoms with Crippen LogP contribution in [0.5, 0.6) is 0 Å². The van der Waals surface area contributed by atoms with Gasteiger partial charge in [-0.15, -0.1) is 0 Å². The maximum atomic E-state index is 11.5. The number of hydrogen-bond acceptors (Lipinski definition) is 2. The number of rotatable bonds is 4. The molecule has 0 saturated carbocycles. The highest BCUT2D eigenvalue weighted by molar-refractivity contribution is 5.75. The molecule has 1 fully saturated rings. The van der Waals surface area contributed by atoms with E-state index in [-0.39, 0.29) is 0 Å². The number of benzene rings is 1. The van der Waals surface area contributed by atoms with Crippen molar-refractivity contribution in [1.29, 1.82) is 0 Å². The summed E-state index contributed by atoms with van der Waals surface area (Å²) in [6.45, 7) is 4.00. The quantitative estimate of drug-likeness (QED) is 0.889. The van der Waals surface area contributed by atoms with E-state index >= 15 is 0 Å². The second-order valence-corrected chi connectivity index (χ2v) is 5.04. The summed E-state index contributed by atoms with van der Waals surface area (Å²) in [6.07, 6.45) is 3.44. The lowest BCUT2D eigenvalue weighted by Gasteiger charge is -2.35. The molecular formula is C15H21NO2. The standard InChI is InChI=1S/C15H21NO2/c1-2-12-8-10-16(11-9-12)14(15(17)18)13-6-4-3-5-7-13/h3-7,12,14H,2,8-11H2,1H3,(H,17,18). The van der Waals surface area contributed by atoms with E-state index in [1.54, 1.807) is 0 Å². The highest BCUT2D eigenvalue weighted by Crippen LogP contribution is 2.28. The summed E-state index contributed by atoms with van der Waals surface area (Å²) in [6, 6.07) is 9.07. The minimum absolute atomic E-state index is 0.482. The smallest absolute Gasteiger partial charge is 0.325 e. The minimum Gasteiger partial charge on any atom is -0.480 e. The Morgan fingerprint density at radius 1 is 1.33 bits per heavy atom. The highest BCUT2D eigenvalue weighted by atomic mass is 16.4. The molecule has 1 aliphatic rings. The van der Waals surface area contributed by atoms with Gasteiger partial charge in [0.2, 0.25) is 0 Å². The van der Waals surface area contributed by atoms with E-state index in [4.69, 9.17) is 0 Å². The van der Waals surface area contributed by atoms with Crippen molar-refractivity contribution in [3.05, 3.63) is 35.9 Å². The Balaban J connectivity index is 2.10. The van der Waals surface area contributed by atoms with Gasteiger partial charge in [0, 0.05) is 0 Å². The van der Waals surface area contributed by atoms with Crippen LogP contribution in [0.2, 0.25) is 0 Å². The van der Waals surface area contributed by atoms with Crippen LogP contribution in [0.1, 0.15) is 37.8 Å². The Morgan fingerprint density at radius 2 is 1.94 bits per heavy atom. The summed E-state index contributed by atoms with van der Waals surface area (Å²) in [4.78, 5) is 13.6. The number of carboxylic acid groups (broad SMARTS) is 1. The molecule has 18 heavy (non-hydrogen) atoms. The first-order valence-electron chi connectivity index (χ1n) is 6.74. The zero-order chi connectivity index (χ0) is 13.0. The van der Waals surface area contributed by atoms with Gasteiger partial charge in [-0.1, -0.05) is 43.7 Å². The zero-order valence-corrected chi connectivity index (χ0v) is 10.9. The van der Waals surface area contributed by atoms with Crippen LogP contribution >= 0.6 is 0 Å². The molecule has 0 aliphatic carbocycles. The molecular weight excluding hydrogens is 226 g/mol. The molecule has 0 spiro atoms. The fourth-order valence-corrected chi connectivity index (χ4v) is 2.76. The van der Waals surface area contributed by atoms with Gasteiger partial charge in [0.05, 0.1) is 0 Å². The molecule has 1 saturated heterocycles. The lowest BCUT2D eigenvalue weighted by molar-refractivity contribution is -0.144. The molecule has 0 radical (unpaired) electrons. The van der Waals surface area contributed by atoms with Crippen LogP contribution < -0.4 is 0 Å². The fraction of sp³-hybridized carbons (Fsp3) is 0.533. The van der Waals surface area contributed by atoms with Gasteiger partial charge >= 0.3 is 5.97 Å². The predicted molar refractivity (Wildman–Crippen MR) is 71.4 cm³/mol. The van der Waals surface area contributed by atoms with Crippen LogP contribution in [-0.4, -0.2) is 29.1 Å². The summed E-state index contributed by atoms with van der Waals surface area (Å²) in [7, 11) is 0. The van der Waals surface area contributed by atoms with Gasteiger partial charge in [-0.05, 0) is 37.4 Å². The average molecular weight is 247 g/mol. The predicted octanol–water partition coefficient (Wildman–Crippen LogP) is 2.93. The third kappa shape index (κ3) is 2.91. The average Bonchev–Trinajstić information content (AvgIpc) is 2.40. The lowest BCUT2D eigenvalue weighted by atomic mass is 9.92. The first-order chi connectivity index (χ1) is 8.72. The van der Waals surface area contributed by atoms with Crippen molar-refractivity contribution >= 4 is 5.97 Å². The van der Waals surface area contributed by atoms with Gasteiger partial charge in [-0.3, -0.25) is 9.69 Å². The normalized spacial score (nSPS) is 19.6. The van der Waals surface area contributed by atoms with Crippen LogP contribution in [0.4, 0.5) is 0 Å². The Bertz CT molecular complexity index is 383. The third-order valence-corrected chi connectivity index (χ3v) is 3.94. The summed E-state index contributed by atoms with van der Waals surface area (Å²) >= 11 is 0. The topological polar surface area (TPSA) is 40.5 Å². The van der Waals surface area contributed by atoms with Crippen molar-refractivity contribution in [3.8, 4) is 0 Å². The van der Waals surface area contributed by atoms with E-state index in [0.29, 0.717) is 0 Å². The van der Waals surface area contributed by atoms with Crippen LogP contribution in [-0.2, 0) is 4.79 Å². The first kappa shape index (κ1) is 13.1. The largest absolute Gasteiger partial charge is 0.480 e. The van der Waals surface area contributed by atoms with Crippen molar-refractivity contribution < 1.29 is 9.90 Å². The number of piperidine rings is 1. The molecule has 3 heteroatoms. The molecule has 2 rings (SSSR count). The van der Waals surface area contributed by atoms with Gasteiger partial charge in [0.15, 0.2) is 0 Å². The maximum absolute atomic E-state index is 11.5. The van der Waals surface area contributed by atoms with Gasteiger partial charge < -0.3 is 5.11 Å². The molecule has 0 aromatic heterocycles. The molecule has 1 unspecified atom stereocenters. The Labute approximate surface area is 108 Å². The van der Waals surface area contributed by atoms with E-state index in [9.17, 15) is 9.90 Å². The van der Waals surface area contributed by atoms with Crippen molar-refractivity contribution in [3.63, 3.8) is 0 Å². The fourth-order valence-electron chi connectivity index (χ4n) is 2.76. The third-order valence-electron chi connectivity index (χ3n) is 3.94. The van der Waals surface area contributed by atoms with E-state index in [2.05, 4.69) is 11.8 Å². The van der Waals surface area contributed by atoms with E-state index in [1.807, 2.05) is 30.3 Å². The molecule has 0 bridgehead atoms. The second-order valence-electron chi connectivity index (χ2n) is 5.04. The summed E-state index contributed by atoms with van der Waals surface area (Å²) in [5, 5.41) is 9.46. The van der Waals surface area contributed by atoms with Crippen molar-refractivity contribution in [2.45, 2.75) is 32.2 Å². The molecule has 1 N–H and O–H groups in total. The van der Waals surface area contributed by atoms with Gasteiger partial charge in [-0.2, -0.15) is 0 Å². The summed E-state index contributed by atoms with van der Waals surface area (Å²) in [5.41, 5.74) is 0.889. The van der Waals surface area contributed by atoms with Gasteiger partial charge in [0.25, 0.3) is 0 Å². The highest BCUT2D eigenvalue weighted by Gasteiger charge is 2.30. The Hall–Kier alpha value is -1.35. The molecule has 1 atom stereocenters. The van der Waals surface area contributed by atoms with Gasteiger partial charge in [0.1, 0.15) is 6.04 Å². The summed E-state index contributed by atoms with van der Waals surface area (Å²) < 4.78 is 0. The van der Waals surface area contributed by atoms with E-state index in [0.717, 1.165) is 37.4 Å². The molecule has 98 valence electrons. The van der Waals surface area contributed by atoms with Gasteiger partial charge in [-0.25, -0.2) is 0 Å². The van der Waals surface area contributed by atoms with E-state index < -0.39 is 12.0 Å².